The second-order valence-corrected chi connectivity index (χ2v) is 5.33. The summed E-state index contributed by atoms with van der Waals surface area (Å²) in [4.78, 5) is 3.66. The van der Waals surface area contributed by atoms with Gasteiger partial charge in [-0.2, -0.15) is 18.3 Å². The number of rotatable bonds is 1. The first-order valence-corrected chi connectivity index (χ1v) is 6.68. The van der Waals surface area contributed by atoms with Crippen molar-refractivity contribution in [2.24, 2.45) is 7.05 Å². The van der Waals surface area contributed by atoms with Crippen LogP contribution in [0.3, 0.4) is 0 Å². The lowest BCUT2D eigenvalue weighted by molar-refractivity contribution is -0.140. The van der Waals surface area contributed by atoms with Crippen LogP contribution < -0.4 is 5.32 Å². The second kappa shape index (κ2) is 4.51. The Bertz CT molecular complexity index is 683. The summed E-state index contributed by atoms with van der Waals surface area (Å²) >= 11 is 0. The molecule has 2 aromatic rings. The topological polar surface area (TPSA) is 47.7 Å². The van der Waals surface area contributed by atoms with Crippen LogP contribution in [0.2, 0.25) is 0 Å². The average Bonchev–Trinajstić information content (AvgIpc) is 2.91. The number of nitrogens with one attached hydrogen (secondary N) is 1. The van der Waals surface area contributed by atoms with Crippen LogP contribution >= 0.6 is 0 Å². The SMILES string of the molecule is Cc1nn(C)c(C)c1C1CCn2cc(C(F)(F)F)nc2N1. The third-order valence-corrected chi connectivity index (χ3v) is 3.94. The van der Waals surface area contributed by atoms with Crippen molar-refractivity contribution in [2.45, 2.75) is 39.0 Å². The smallest absolute Gasteiger partial charge is 0.349 e. The summed E-state index contributed by atoms with van der Waals surface area (Å²) in [5, 5.41) is 7.45. The molecule has 114 valence electrons. The predicted molar refractivity (Wildman–Crippen MR) is 70.9 cm³/mol. The fourth-order valence-electron chi connectivity index (χ4n) is 2.85. The zero-order valence-electron chi connectivity index (χ0n) is 12.0. The normalized spacial score (nSPS) is 18.5. The molecular weight excluding hydrogens is 283 g/mol. The Kier molecular flexibility index (Phi) is 3.00. The Balaban J connectivity index is 1.93. The molecule has 0 bridgehead atoms. The largest absolute Gasteiger partial charge is 0.434 e. The van der Waals surface area contributed by atoms with Crippen molar-refractivity contribution in [1.29, 1.82) is 0 Å². The Labute approximate surface area is 119 Å². The Hall–Kier alpha value is -1.99. The van der Waals surface area contributed by atoms with E-state index in [0.717, 1.165) is 23.1 Å². The summed E-state index contributed by atoms with van der Waals surface area (Å²) in [7, 11) is 1.86. The van der Waals surface area contributed by atoms with Crippen molar-refractivity contribution in [3.63, 3.8) is 0 Å². The minimum absolute atomic E-state index is 0.0605. The minimum atomic E-state index is -4.42. The molecule has 5 nitrogen and oxygen atoms in total. The van der Waals surface area contributed by atoms with Gasteiger partial charge in [0.1, 0.15) is 0 Å². The Morgan fingerprint density at radius 2 is 2.05 bits per heavy atom. The third kappa shape index (κ3) is 2.28. The minimum Gasteiger partial charge on any atom is -0.349 e. The fourth-order valence-corrected chi connectivity index (χ4v) is 2.85. The maximum Gasteiger partial charge on any atom is 0.434 e. The van der Waals surface area contributed by atoms with Crippen molar-refractivity contribution in [3.05, 3.63) is 28.8 Å². The van der Waals surface area contributed by atoms with Crippen molar-refractivity contribution < 1.29 is 13.2 Å². The van der Waals surface area contributed by atoms with Gasteiger partial charge in [0.05, 0.1) is 11.7 Å². The van der Waals surface area contributed by atoms with E-state index in [2.05, 4.69) is 15.4 Å². The first-order valence-electron chi connectivity index (χ1n) is 6.68. The van der Waals surface area contributed by atoms with Crippen LogP contribution in [0.4, 0.5) is 19.1 Å². The van der Waals surface area contributed by atoms with Gasteiger partial charge < -0.3 is 9.88 Å². The van der Waals surface area contributed by atoms with Gasteiger partial charge in [0.15, 0.2) is 5.69 Å². The van der Waals surface area contributed by atoms with E-state index >= 15 is 0 Å². The summed E-state index contributed by atoms with van der Waals surface area (Å²) in [5.74, 6) is 0.265. The van der Waals surface area contributed by atoms with Gasteiger partial charge in [-0.1, -0.05) is 0 Å². The van der Waals surface area contributed by atoms with Crippen molar-refractivity contribution in [2.75, 3.05) is 5.32 Å². The molecule has 0 saturated heterocycles. The van der Waals surface area contributed by atoms with Crippen LogP contribution in [-0.2, 0) is 19.8 Å². The molecule has 8 heteroatoms. The number of halogens is 3. The molecule has 1 aliphatic rings. The summed E-state index contributed by atoms with van der Waals surface area (Å²) in [6.45, 7) is 4.37. The maximum absolute atomic E-state index is 12.7. The Morgan fingerprint density at radius 1 is 1.33 bits per heavy atom. The second-order valence-electron chi connectivity index (χ2n) is 5.33. The molecule has 0 radical (unpaired) electrons. The first-order chi connectivity index (χ1) is 9.77. The van der Waals surface area contributed by atoms with Gasteiger partial charge in [-0.3, -0.25) is 4.68 Å². The molecular formula is C13H16F3N5. The number of alkyl halides is 3. The molecule has 0 aliphatic carbocycles. The lowest BCUT2D eigenvalue weighted by atomic mass is 10.0. The highest BCUT2D eigenvalue weighted by Gasteiger charge is 2.36. The molecule has 21 heavy (non-hydrogen) atoms. The van der Waals surface area contributed by atoms with E-state index in [4.69, 9.17) is 0 Å². The molecule has 1 aliphatic heterocycles. The molecule has 1 atom stereocenters. The predicted octanol–water partition coefficient (Wildman–Crippen LogP) is 2.81. The summed E-state index contributed by atoms with van der Waals surface area (Å²) in [5.41, 5.74) is 2.09. The van der Waals surface area contributed by atoms with E-state index in [1.807, 2.05) is 20.9 Å². The summed E-state index contributed by atoms with van der Waals surface area (Å²) in [6.07, 6.45) is -2.66. The van der Waals surface area contributed by atoms with Gasteiger partial charge in [-0.25, -0.2) is 4.98 Å². The van der Waals surface area contributed by atoms with Crippen LogP contribution in [0.25, 0.3) is 0 Å². The molecule has 0 saturated carbocycles. The third-order valence-electron chi connectivity index (χ3n) is 3.94. The number of aromatic nitrogens is 4. The number of imidazole rings is 1. The number of nitrogens with zero attached hydrogens (tertiary/aromatic N) is 4. The number of hydrogen-bond acceptors (Lipinski definition) is 3. The van der Waals surface area contributed by atoms with Crippen molar-refractivity contribution in [3.8, 4) is 0 Å². The van der Waals surface area contributed by atoms with Gasteiger partial charge in [0, 0.05) is 31.0 Å². The molecule has 3 rings (SSSR count). The Morgan fingerprint density at radius 3 is 2.62 bits per heavy atom. The molecule has 0 aromatic carbocycles. The van der Waals surface area contributed by atoms with E-state index in [1.54, 1.807) is 4.68 Å². The standard InChI is InChI=1S/C13H16F3N5/c1-7-11(8(2)20(3)19-7)9-4-5-21-6-10(13(14,15)16)18-12(21)17-9/h6,9H,4-5H2,1-3H3,(H,17,18). The van der Waals surface area contributed by atoms with E-state index < -0.39 is 11.9 Å². The molecule has 0 spiro atoms. The van der Waals surface area contributed by atoms with Crippen LogP contribution in [0, 0.1) is 13.8 Å². The van der Waals surface area contributed by atoms with E-state index in [1.165, 1.54) is 4.57 Å². The highest BCUT2D eigenvalue weighted by atomic mass is 19.4. The average molecular weight is 299 g/mol. The monoisotopic (exact) mass is 299 g/mol. The number of anilines is 1. The highest BCUT2D eigenvalue weighted by molar-refractivity contribution is 5.40. The van der Waals surface area contributed by atoms with E-state index in [9.17, 15) is 13.2 Å². The van der Waals surface area contributed by atoms with Gasteiger partial charge in [-0.15, -0.1) is 0 Å². The van der Waals surface area contributed by atoms with Gasteiger partial charge >= 0.3 is 6.18 Å². The number of aryl methyl sites for hydroxylation is 3. The van der Waals surface area contributed by atoms with Crippen LogP contribution in [-0.4, -0.2) is 19.3 Å². The van der Waals surface area contributed by atoms with Crippen LogP contribution in [0.15, 0.2) is 6.20 Å². The quantitative estimate of drug-likeness (QED) is 0.881. The fraction of sp³-hybridized carbons (Fsp3) is 0.538. The number of hydrogen-bond donors (Lipinski definition) is 1. The van der Waals surface area contributed by atoms with Crippen LogP contribution in [0.5, 0.6) is 0 Å². The first kappa shape index (κ1) is 14.0. The molecule has 1 N–H and O–H groups in total. The summed E-state index contributed by atoms with van der Waals surface area (Å²) < 4.78 is 41.4. The van der Waals surface area contributed by atoms with Gasteiger partial charge in [0.2, 0.25) is 5.95 Å². The molecule has 1 unspecified atom stereocenters. The lowest BCUT2D eigenvalue weighted by Crippen LogP contribution is -2.22. The molecule has 3 heterocycles. The highest BCUT2D eigenvalue weighted by Crippen LogP contribution is 2.35. The molecule has 0 fully saturated rings. The van der Waals surface area contributed by atoms with Crippen LogP contribution in [0.1, 0.15) is 35.1 Å². The zero-order chi connectivity index (χ0) is 15.4. The summed E-state index contributed by atoms with van der Waals surface area (Å²) in [6, 6.07) is -0.0605. The number of fused-ring (bicyclic) bond motifs is 1. The lowest BCUT2D eigenvalue weighted by Gasteiger charge is -2.26. The van der Waals surface area contributed by atoms with Gasteiger partial charge in [-0.05, 0) is 20.3 Å². The van der Waals surface area contributed by atoms with Gasteiger partial charge in [0.25, 0.3) is 0 Å². The zero-order valence-corrected chi connectivity index (χ0v) is 12.0. The van der Waals surface area contributed by atoms with Crippen molar-refractivity contribution >= 4 is 5.95 Å². The maximum atomic E-state index is 12.7. The molecule has 2 aromatic heterocycles. The van der Waals surface area contributed by atoms with E-state index in [-0.39, 0.29) is 12.0 Å². The van der Waals surface area contributed by atoms with Crippen molar-refractivity contribution in [1.82, 2.24) is 19.3 Å². The van der Waals surface area contributed by atoms with E-state index in [0.29, 0.717) is 13.0 Å². The molecule has 0 amide bonds.